The normalized spacial score (nSPS) is 11.5. The zero-order chi connectivity index (χ0) is 12.9. The van der Waals surface area contributed by atoms with Crippen molar-refractivity contribution in [2.75, 3.05) is 12.3 Å². The highest BCUT2D eigenvalue weighted by Crippen LogP contribution is 2.17. The Morgan fingerprint density at radius 2 is 2.24 bits per heavy atom. The minimum atomic E-state index is 0.0715. The first-order valence-corrected chi connectivity index (χ1v) is 6.74. The first-order chi connectivity index (χ1) is 7.88. The molecule has 0 unspecified atom stereocenters. The van der Waals surface area contributed by atoms with Crippen LogP contribution in [0.2, 0.25) is 0 Å². The Morgan fingerprint density at radius 1 is 1.53 bits per heavy atom. The third kappa shape index (κ3) is 5.77. The van der Waals surface area contributed by atoms with Crippen LogP contribution < -0.4 is 5.32 Å². The highest BCUT2D eigenvalue weighted by atomic mass is 32.2. The van der Waals surface area contributed by atoms with Crippen molar-refractivity contribution in [3.8, 4) is 0 Å². The zero-order valence-corrected chi connectivity index (χ0v) is 11.8. The van der Waals surface area contributed by atoms with E-state index in [9.17, 15) is 4.79 Å². The monoisotopic (exact) mass is 255 g/mol. The molecule has 5 heteroatoms. The Kier molecular flexibility index (Phi) is 5.05. The van der Waals surface area contributed by atoms with Crippen LogP contribution in [0, 0.1) is 5.41 Å². The lowest BCUT2D eigenvalue weighted by molar-refractivity contribution is -0.118. The topological polar surface area (TPSA) is 46.9 Å². The van der Waals surface area contributed by atoms with Crippen LogP contribution in [0.15, 0.2) is 17.6 Å². The Labute approximate surface area is 107 Å². The van der Waals surface area contributed by atoms with Gasteiger partial charge in [-0.1, -0.05) is 32.5 Å². The molecular formula is C12H21N3OS. The van der Waals surface area contributed by atoms with Crippen molar-refractivity contribution in [2.24, 2.45) is 12.5 Å². The first kappa shape index (κ1) is 14.1. The molecule has 0 aliphatic carbocycles. The molecule has 0 bridgehead atoms. The van der Waals surface area contributed by atoms with Crippen LogP contribution >= 0.6 is 11.8 Å². The van der Waals surface area contributed by atoms with Gasteiger partial charge in [0.1, 0.15) is 0 Å². The van der Waals surface area contributed by atoms with E-state index in [-0.39, 0.29) is 11.3 Å². The van der Waals surface area contributed by atoms with E-state index < -0.39 is 0 Å². The molecule has 0 spiro atoms. The van der Waals surface area contributed by atoms with E-state index in [1.807, 2.05) is 17.8 Å². The van der Waals surface area contributed by atoms with Crippen LogP contribution in [-0.4, -0.2) is 27.8 Å². The van der Waals surface area contributed by atoms with Gasteiger partial charge in [0.15, 0.2) is 5.16 Å². The van der Waals surface area contributed by atoms with E-state index in [0.29, 0.717) is 5.75 Å². The third-order valence-corrected chi connectivity index (χ3v) is 3.36. The second kappa shape index (κ2) is 6.10. The van der Waals surface area contributed by atoms with Crippen LogP contribution in [0.5, 0.6) is 0 Å². The molecule has 4 nitrogen and oxygen atoms in total. The third-order valence-electron chi connectivity index (χ3n) is 2.31. The number of hydrogen-bond donors (Lipinski definition) is 1. The molecule has 1 aromatic rings. The number of carbonyl (C=O) groups excluding carboxylic acids is 1. The predicted molar refractivity (Wildman–Crippen MR) is 71.0 cm³/mol. The molecule has 17 heavy (non-hydrogen) atoms. The number of hydrogen-bond acceptors (Lipinski definition) is 3. The molecule has 0 saturated carbocycles. The van der Waals surface area contributed by atoms with Gasteiger partial charge in [-0.05, 0) is 11.8 Å². The van der Waals surface area contributed by atoms with Crippen LogP contribution in [0.1, 0.15) is 27.2 Å². The maximum absolute atomic E-state index is 11.6. The molecule has 1 aromatic heterocycles. The Balaban J connectivity index is 2.20. The van der Waals surface area contributed by atoms with Gasteiger partial charge < -0.3 is 9.88 Å². The van der Waals surface area contributed by atoms with Crippen LogP contribution in [0.25, 0.3) is 0 Å². The zero-order valence-electron chi connectivity index (χ0n) is 11.0. The summed E-state index contributed by atoms with van der Waals surface area (Å²) in [5.41, 5.74) is 0.264. The smallest absolute Gasteiger partial charge is 0.230 e. The minimum Gasteiger partial charge on any atom is -0.355 e. The molecule has 0 saturated heterocycles. The lowest BCUT2D eigenvalue weighted by atomic mass is 9.92. The van der Waals surface area contributed by atoms with Gasteiger partial charge in [-0.15, -0.1) is 0 Å². The highest BCUT2D eigenvalue weighted by Gasteiger charge is 2.11. The van der Waals surface area contributed by atoms with E-state index in [1.54, 1.807) is 6.20 Å². The second-order valence-corrected chi connectivity index (χ2v) is 6.21. The standard InChI is InChI=1S/C12H21N3OS/c1-12(2,3)5-6-13-10(16)9-17-11-14-7-8-15(11)4/h7-8H,5-6,9H2,1-4H3,(H,13,16). The number of aromatic nitrogens is 2. The molecule has 1 N–H and O–H groups in total. The Bertz CT molecular complexity index is 368. The molecule has 0 radical (unpaired) electrons. The van der Waals surface area contributed by atoms with Crippen LogP contribution in [0.3, 0.4) is 0 Å². The maximum atomic E-state index is 11.6. The number of carbonyl (C=O) groups is 1. The van der Waals surface area contributed by atoms with Crippen LogP contribution in [0.4, 0.5) is 0 Å². The van der Waals surface area contributed by atoms with Crippen molar-refractivity contribution in [3.05, 3.63) is 12.4 Å². The maximum Gasteiger partial charge on any atom is 0.230 e. The molecule has 1 heterocycles. The van der Waals surface area contributed by atoms with Gasteiger partial charge >= 0.3 is 0 Å². The molecule has 0 aliphatic heterocycles. The van der Waals surface area contributed by atoms with Crippen molar-refractivity contribution in [2.45, 2.75) is 32.3 Å². The number of aryl methyl sites for hydroxylation is 1. The van der Waals surface area contributed by atoms with Crippen molar-refractivity contribution in [1.29, 1.82) is 0 Å². The van der Waals surface area contributed by atoms with Gasteiger partial charge in [0, 0.05) is 26.0 Å². The summed E-state index contributed by atoms with van der Waals surface area (Å²) in [6, 6.07) is 0. The van der Waals surface area contributed by atoms with E-state index >= 15 is 0 Å². The van der Waals surface area contributed by atoms with Crippen LogP contribution in [-0.2, 0) is 11.8 Å². The quantitative estimate of drug-likeness (QED) is 0.819. The second-order valence-electron chi connectivity index (χ2n) is 5.27. The van der Waals surface area contributed by atoms with Gasteiger partial charge in [0.2, 0.25) is 5.91 Å². The molecule has 1 amide bonds. The van der Waals surface area contributed by atoms with E-state index in [0.717, 1.165) is 18.1 Å². The molecule has 0 aromatic carbocycles. The lowest BCUT2D eigenvalue weighted by Crippen LogP contribution is -2.28. The molecule has 0 fully saturated rings. The predicted octanol–water partition coefficient (Wildman–Crippen LogP) is 2.06. The Hall–Kier alpha value is -0.970. The number of rotatable bonds is 5. The average molecular weight is 255 g/mol. The van der Waals surface area contributed by atoms with E-state index in [1.165, 1.54) is 11.8 Å². The fourth-order valence-corrected chi connectivity index (χ4v) is 2.01. The summed E-state index contributed by atoms with van der Waals surface area (Å²) < 4.78 is 1.91. The summed E-state index contributed by atoms with van der Waals surface area (Å²) in [5, 5.41) is 3.80. The van der Waals surface area contributed by atoms with E-state index in [4.69, 9.17) is 0 Å². The summed E-state index contributed by atoms with van der Waals surface area (Å²) in [6.45, 7) is 7.24. The van der Waals surface area contributed by atoms with Gasteiger partial charge in [-0.25, -0.2) is 4.98 Å². The minimum absolute atomic E-state index is 0.0715. The first-order valence-electron chi connectivity index (χ1n) is 5.75. The average Bonchev–Trinajstić information content (AvgIpc) is 2.59. The fraction of sp³-hybridized carbons (Fsp3) is 0.667. The van der Waals surface area contributed by atoms with Gasteiger partial charge in [0.05, 0.1) is 5.75 Å². The molecule has 1 rings (SSSR count). The number of imidazole rings is 1. The number of nitrogens with zero attached hydrogens (tertiary/aromatic N) is 2. The summed E-state index contributed by atoms with van der Waals surface area (Å²) in [7, 11) is 1.92. The lowest BCUT2D eigenvalue weighted by Gasteiger charge is -2.17. The number of nitrogens with one attached hydrogen (secondary N) is 1. The summed E-state index contributed by atoms with van der Waals surface area (Å²) in [5.74, 6) is 0.497. The molecular weight excluding hydrogens is 234 g/mol. The van der Waals surface area contributed by atoms with Crippen molar-refractivity contribution in [3.63, 3.8) is 0 Å². The van der Waals surface area contributed by atoms with Crippen molar-refractivity contribution >= 4 is 17.7 Å². The highest BCUT2D eigenvalue weighted by molar-refractivity contribution is 7.99. The van der Waals surface area contributed by atoms with Gasteiger partial charge in [-0.2, -0.15) is 0 Å². The fourth-order valence-electron chi connectivity index (χ4n) is 1.25. The summed E-state index contributed by atoms with van der Waals surface area (Å²) in [6.07, 6.45) is 4.60. The number of amides is 1. The SMILES string of the molecule is Cn1ccnc1SCC(=O)NCCC(C)(C)C. The van der Waals surface area contributed by atoms with Crippen molar-refractivity contribution in [1.82, 2.24) is 14.9 Å². The summed E-state index contributed by atoms with van der Waals surface area (Å²) in [4.78, 5) is 15.7. The number of thioether (sulfide) groups is 1. The molecule has 0 atom stereocenters. The molecule has 96 valence electrons. The Morgan fingerprint density at radius 3 is 2.76 bits per heavy atom. The van der Waals surface area contributed by atoms with Gasteiger partial charge in [0.25, 0.3) is 0 Å². The molecule has 0 aliphatic rings. The summed E-state index contributed by atoms with van der Waals surface area (Å²) >= 11 is 1.46. The van der Waals surface area contributed by atoms with E-state index in [2.05, 4.69) is 31.1 Å². The van der Waals surface area contributed by atoms with Gasteiger partial charge in [-0.3, -0.25) is 4.79 Å². The largest absolute Gasteiger partial charge is 0.355 e. The van der Waals surface area contributed by atoms with Crippen molar-refractivity contribution < 1.29 is 4.79 Å².